The summed E-state index contributed by atoms with van der Waals surface area (Å²) in [6, 6.07) is 20.5. The molecule has 4 rings (SSSR count). The molecular weight excluding hydrogens is 422 g/mol. The average Bonchev–Trinajstić information content (AvgIpc) is 3.22. The van der Waals surface area contributed by atoms with Crippen LogP contribution in [0.1, 0.15) is 0 Å². The minimum absolute atomic E-state index is 0.148. The second-order valence-corrected chi connectivity index (χ2v) is 7.66. The number of pyridine rings is 1. The molecule has 0 saturated carbocycles. The maximum Gasteiger partial charge on any atom is 0.234 e. The highest BCUT2D eigenvalue weighted by Gasteiger charge is 2.15. The third-order valence-electron chi connectivity index (χ3n) is 4.40. The second-order valence-electron chi connectivity index (χ2n) is 6.72. The lowest BCUT2D eigenvalue weighted by atomic mass is 10.2. The minimum atomic E-state index is -0.148. The van der Waals surface area contributed by atoms with Gasteiger partial charge >= 0.3 is 0 Å². The number of aromatic nitrogens is 4. The molecule has 0 fully saturated rings. The zero-order valence-electron chi connectivity index (χ0n) is 17.2. The highest BCUT2D eigenvalue weighted by molar-refractivity contribution is 7.99. The van der Waals surface area contributed by atoms with Gasteiger partial charge in [0.25, 0.3) is 0 Å². The Morgan fingerprint density at radius 3 is 2.59 bits per heavy atom. The lowest BCUT2D eigenvalue weighted by Gasteiger charge is -2.09. The fourth-order valence-corrected chi connectivity index (χ4v) is 3.74. The molecule has 2 heterocycles. The van der Waals surface area contributed by atoms with Crippen LogP contribution in [0, 0.1) is 0 Å². The van der Waals surface area contributed by atoms with Crippen LogP contribution in [0.3, 0.4) is 0 Å². The van der Waals surface area contributed by atoms with Gasteiger partial charge in [-0.05, 0) is 36.4 Å². The number of amides is 1. The molecule has 7 nitrogen and oxygen atoms in total. The normalized spacial score (nSPS) is 10.5. The van der Waals surface area contributed by atoms with Gasteiger partial charge < -0.3 is 10.1 Å². The molecule has 0 saturated heterocycles. The number of para-hydroxylation sites is 1. The smallest absolute Gasteiger partial charge is 0.234 e. The number of carbonyl (C=O) groups excluding carboxylic acids is 1. The van der Waals surface area contributed by atoms with Crippen molar-refractivity contribution in [1.82, 2.24) is 19.7 Å². The minimum Gasteiger partial charge on any atom is -0.457 e. The SMILES string of the molecule is C=CCn1c(SCC(=O)Nc2cccc(Oc3ccccc3)c2)nnc1-c1ccncc1. The van der Waals surface area contributed by atoms with E-state index >= 15 is 0 Å². The zero-order valence-corrected chi connectivity index (χ0v) is 18.0. The molecule has 0 radical (unpaired) electrons. The second kappa shape index (κ2) is 10.4. The van der Waals surface area contributed by atoms with Crippen molar-refractivity contribution >= 4 is 23.4 Å². The van der Waals surface area contributed by atoms with Crippen molar-refractivity contribution in [2.24, 2.45) is 0 Å². The Kier molecular flexibility index (Phi) is 6.94. The first kappa shape index (κ1) is 21.3. The Labute approximate surface area is 190 Å². The molecule has 1 amide bonds. The first-order valence-electron chi connectivity index (χ1n) is 9.93. The highest BCUT2D eigenvalue weighted by Crippen LogP contribution is 2.26. The van der Waals surface area contributed by atoms with Crippen molar-refractivity contribution < 1.29 is 9.53 Å². The van der Waals surface area contributed by atoms with Crippen LogP contribution in [-0.4, -0.2) is 31.4 Å². The number of ether oxygens (including phenoxy) is 1. The van der Waals surface area contributed by atoms with Crippen molar-refractivity contribution in [2.75, 3.05) is 11.1 Å². The molecule has 1 N–H and O–H groups in total. The number of rotatable bonds is 9. The molecule has 4 aromatic rings. The molecular formula is C24H21N5O2S. The van der Waals surface area contributed by atoms with Crippen molar-refractivity contribution in [2.45, 2.75) is 11.7 Å². The first-order chi connectivity index (χ1) is 15.7. The van der Waals surface area contributed by atoms with Crippen molar-refractivity contribution in [3.8, 4) is 22.9 Å². The van der Waals surface area contributed by atoms with Crippen LogP contribution in [0.4, 0.5) is 5.69 Å². The van der Waals surface area contributed by atoms with E-state index in [1.54, 1.807) is 24.5 Å². The van der Waals surface area contributed by atoms with Gasteiger partial charge in [0.1, 0.15) is 11.5 Å². The van der Waals surface area contributed by atoms with E-state index in [1.807, 2.05) is 65.2 Å². The summed E-state index contributed by atoms with van der Waals surface area (Å²) in [6.45, 7) is 4.35. The van der Waals surface area contributed by atoms with Gasteiger partial charge in [-0.1, -0.05) is 42.1 Å². The topological polar surface area (TPSA) is 81.9 Å². The van der Waals surface area contributed by atoms with Gasteiger partial charge in [0.05, 0.1) is 5.75 Å². The van der Waals surface area contributed by atoms with Gasteiger partial charge in [0.15, 0.2) is 11.0 Å². The predicted molar refractivity (Wildman–Crippen MR) is 126 cm³/mol. The Balaban J connectivity index is 1.40. The maximum absolute atomic E-state index is 12.5. The Morgan fingerprint density at radius 2 is 1.81 bits per heavy atom. The lowest BCUT2D eigenvalue weighted by Crippen LogP contribution is -2.14. The van der Waals surface area contributed by atoms with Crippen LogP contribution in [-0.2, 0) is 11.3 Å². The number of carbonyl (C=O) groups is 1. The molecule has 2 aromatic heterocycles. The number of thioether (sulfide) groups is 1. The average molecular weight is 444 g/mol. The number of nitrogens with one attached hydrogen (secondary N) is 1. The van der Waals surface area contributed by atoms with Crippen LogP contribution >= 0.6 is 11.8 Å². The zero-order chi connectivity index (χ0) is 22.2. The molecule has 0 aliphatic carbocycles. The fourth-order valence-electron chi connectivity index (χ4n) is 2.99. The highest BCUT2D eigenvalue weighted by atomic mass is 32.2. The number of hydrogen-bond acceptors (Lipinski definition) is 6. The molecule has 8 heteroatoms. The van der Waals surface area contributed by atoms with E-state index in [-0.39, 0.29) is 11.7 Å². The van der Waals surface area contributed by atoms with Crippen LogP contribution in [0.25, 0.3) is 11.4 Å². The Morgan fingerprint density at radius 1 is 1.03 bits per heavy atom. The number of hydrogen-bond donors (Lipinski definition) is 1. The molecule has 32 heavy (non-hydrogen) atoms. The first-order valence-corrected chi connectivity index (χ1v) is 10.9. The lowest BCUT2D eigenvalue weighted by molar-refractivity contribution is -0.113. The van der Waals surface area contributed by atoms with E-state index in [4.69, 9.17) is 4.74 Å². The van der Waals surface area contributed by atoms with Crippen LogP contribution in [0.5, 0.6) is 11.5 Å². The molecule has 0 aliphatic rings. The van der Waals surface area contributed by atoms with Gasteiger partial charge in [-0.25, -0.2) is 0 Å². The van der Waals surface area contributed by atoms with Crippen LogP contribution in [0.15, 0.2) is 96.9 Å². The summed E-state index contributed by atoms with van der Waals surface area (Å²) in [5, 5.41) is 12.1. The van der Waals surface area contributed by atoms with E-state index in [0.29, 0.717) is 29.0 Å². The van der Waals surface area contributed by atoms with Gasteiger partial charge in [-0.15, -0.1) is 16.8 Å². The largest absolute Gasteiger partial charge is 0.457 e. The van der Waals surface area contributed by atoms with E-state index in [1.165, 1.54) is 11.8 Å². The molecule has 0 atom stereocenters. The summed E-state index contributed by atoms with van der Waals surface area (Å²) < 4.78 is 7.75. The summed E-state index contributed by atoms with van der Waals surface area (Å²) >= 11 is 1.32. The summed E-state index contributed by atoms with van der Waals surface area (Å²) in [5.41, 5.74) is 1.56. The molecule has 0 aliphatic heterocycles. The predicted octanol–water partition coefficient (Wildman–Crippen LogP) is 5.05. The fraction of sp³-hybridized carbons (Fsp3) is 0.0833. The van der Waals surface area contributed by atoms with Crippen molar-refractivity contribution in [3.05, 3.63) is 91.8 Å². The van der Waals surface area contributed by atoms with Crippen molar-refractivity contribution in [3.63, 3.8) is 0 Å². The third kappa shape index (κ3) is 5.41. The molecule has 0 unspecified atom stereocenters. The molecule has 0 spiro atoms. The van der Waals surface area contributed by atoms with E-state index in [2.05, 4.69) is 27.1 Å². The monoisotopic (exact) mass is 443 g/mol. The van der Waals surface area contributed by atoms with E-state index in [0.717, 1.165) is 11.3 Å². The summed E-state index contributed by atoms with van der Waals surface area (Å²) in [6.07, 6.45) is 5.19. The number of nitrogens with zero attached hydrogens (tertiary/aromatic N) is 4. The van der Waals surface area contributed by atoms with Gasteiger partial charge in [-0.3, -0.25) is 14.3 Å². The van der Waals surface area contributed by atoms with Gasteiger partial charge in [0, 0.05) is 36.3 Å². The van der Waals surface area contributed by atoms with Crippen LogP contribution < -0.4 is 10.1 Å². The summed E-state index contributed by atoms with van der Waals surface area (Å²) in [7, 11) is 0. The van der Waals surface area contributed by atoms with Gasteiger partial charge in [-0.2, -0.15) is 0 Å². The number of allylic oxidation sites excluding steroid dienone is 1. The van der Waals surface area contributed by atoms with Gasteiger partial charge in [0.2, 0.25) is 5.91 Å². The molecule has 160 valence electrons. The van der Waals surface area contributed by atoms with E-state index < -0.39 is 0 Å². The summed E-state index contributed by atoms with van der Waals surface area (Å²) in [5.74, 6) is 2.13. The third-order valence-corrected chi connectivity index (χ3v) is 5.36. The number of anilines is 1. The maximum atomic E-state index is 12.5. The molecule has 0 bridgehead atoms. The quantitative estimate of drug-likeness (QED) is 0.288. The standard InChI is InChI=1S/C24H21N5O2S/c1-2-15-29-23(18-11-13-25-14-12-18)27-28-24(29)32-17-22(30)26-19-7-6-10-21(16-19)31-20-8-4-3-5-9-20/h2-14,16H,1,15,17H2,(H,26,30). The van der Waals surface area contributed by atoms with Crippen molar-refractivity contribution in [1.29, 1.82) is 0 Å². The number of benzene rings is 2. The summed E-state index contributed by atoms with van der Waals surface area (Å²) in [4.78, 5) is 16.6. The Bertz CT molecular complexity index is 1200. The Hall–Kier alpha value is -3.91. The molecule has 2 aromatic carbocycles. The van der Waals surface area contributed by atoms with E-state index in [9.17, 15) is 4.79 Å². The van der Waals surface area contributed by atoms with Crippen LogP contribution in [0.2, 0.25) is 0 Å².